The average molecular weight is 344 g/mol. The fourth-order valence-corrected chi connectivity index (χ4v) is 4.52. The lowest BCUT2D eigenvalue weighted by Gasteiger charge is -2.13. The molecule has 0 radical (unpaired) electrons. The largest absolute Gasteiger partial charge is 0.493 e. The molecule has 1 aliphatic rings. The number of imidazole rings is 1. The number of hydrogen-bond donors (Lipinski definition) is 0. The summed E-state index contributed by atoms with van der Waals surface area (Å²) in [6, 6.07) is 3.89. The molecule has 6 heteroatoms. The summed E-state index contributed by atoms with van der Waals surface area (Å²) in [6.07, 6.45) is 6.99. The molecule has 0 atom stereocenters. The highest BCUT2D eigenvalue weighted by Crippen LogP contribution is 2.41. The van der Waals surface area contributed by atoms with Crippen molar-refractivity contribution in [3.05, 3.63) is 28.9 Å². The van der Waals surface area contributed by atoms with Crippen molar-refractivity contribution in [2.45, 2.75) is 25.7 Å². The molecule has 4 rings (SSSR count). The van der Waals surface area contributed by atoms with E-state index in [2.05, 4.69) is 10.6 Å². The summed E-state index contributed by atoms with van der Waals surface area (Å²) < 4.78 is 18.5. The van der Waals surface area contributed by atoms with Gasteiger partial charge in [-0.25, -0.2) is 4.98 Å². The molecule has 5 nitrogen and oxygen atoms in total. The van der Waals surface area contributed by atoms with Crippen LogP contribution in [0.5, 0.6) is 17.2 Å². The summed E-state index contributed by atoms with van der Waals surface area (Å²) in [5.74, 6) is 1.89. The highest BCUT2D eigenvalue weighted by atomic mass is 32.1. The molecule has 0 spiro atoms. The van der Waals surface area contributed by atoms with E-state index in [0.29, 0.717) is 17.2 Å². The maximum absolute atomic E-state index is 5.45. The molecule has 1 aromatic carbocycles. The van der Waals surface area contributed by atoms with Gasteiger partial charge in [0.25, 0.3) is 0 Å². The van der Waals surface area contributed by atoms with Crippen LogP contribution in [0.1, 0.15) is 23.4 Å². The summed E-state index contributed by atoms with van der Waals surface area (Å²) in [4.78, 5) is 7.37. The third kappa shape index (κ3) is 2.33. The van der Waals surface area contributed by atoms with Crippen LogP contribution in [0.15, 0.2) is 18.3 Å². The summed E-state index contributed by atoms with van der Waals surface area (Å²) in [7, 11) is 4.87. The van der Waals surface area contributed by atoms with E-state index in [1.165, 1.54) is 29.8 Å². The first-order chi connectivity index (χ1) is 11.7. The van der Waals surface area contributed by atoms with Crippen molar-refractivity contribution in [1.29, 1.82) is 0 Å². The van der Waals surface area contributed by atoms with Crippen LogP contribution in [0.25, 0.3) is 16.2 Å². The first-order valence-corrected chi connectivity index (χ1v) is 8.86. The smallest absolute Gasteiger partial charge is 0.203 e. The van der Waals surface area contributed by atoms with Crippen LogP contribution < -0.4 is 14.2 Å². The molecule has 0 saturated carbocycles. The van der Waals surface area contributed by atoms with Crippen LogP contribution in [-0.4, -0.2) is 30.7 Å². The van der Waals surface area contributed by atoms with Gasteiger partial charge in [0.05, 0.1) is 27.0 Å². The zero-order valence-corrected chi connectivity index (χ0v) is 14.9. The fourth-order valence-electron chi connectivity index (χ4n) is 3.33. The Bertz CT molecular complexity index is 872. The third-order valence-electron chi connectivity index (χ3n) is 4.53. The number of nitrogens with zero attached hydrogens (tertiary/aromatic N) is 2. The molecule has 3 aromatic rings. The Morgan fingerprint density at radius 1 is 1.00 bits per heavy atom. The van der Waals surface area contributed by atoms with Crippen molar-refractivity contribution in [1.82, 2.24) is 9.38 Å². The van der Waals surface area contributed by atoms with Gasteiger partial charge in [-0.1, -0.05) is 0 Å². The zero-order valence-electron chi connectivity index (χ0n) is 14.1. The highest BCUT2D eigenvalue weighted by molar-refractivity contribution is 7.17. The molecule has 2 heterocycles. The number of fused-ring (bicyclic) bond motifs is 3. The van der Waals surface area contributed by atoms with E-state index in [4.69, 9.17) is 19.2 Å². The van der Waals surface area contributed by atoms with Gasteiger partial charge in [0.2, 0.25) is 5.75 Å². The molecule has 0 unspecified atom stereocenters. The minimum absolute atomic E-state index is 0.599. The molecule has 24 heavy (non-hydrogen) atoms. The van der Waals surface area contributed by atoms with E-state index >= 15 is 0 Å². The molecule has 0 aliphatic heterocycles. The van der Waals surface area contributed by atoms with Crippen molar-refractivity contribution in [2.75, 3.05) is 21.3 Å². The van der Waals surface area contributed by atoms with Gasteiger partial charge in [-0.2, -0.15) is 0 Å². The Hall–Kier alpha value is -2.21. The van der Waals surface area contributed by atoms with E-state index in [-0.39, 0.29) is 0 Å². The van der Waals surface area contributed by atoms with E-state index < -0.39 is 0 Å². The van der Waals surface area contributed by atoms with Crippen molar-refractivity contribution >= 4 is 16.3 Å². The molecular weight excluding hydrogens is 324 g/mol. The number of aromatic nitrogens is 2. The Morgan fingerprint density at radius 2 is 1.71 bits per heavy atom. The molecule has 0 amide bonds. The van der Waals surface area contributed by atoms with Crippen molar-refractivity contribution in [3.8, 4) is 28.5 Å². The van der Waals surface area contributed by atoms with Crippen LogP contribution >= 0.6 is 11.3 Å². The Labute approximate surface area is 144 Å². The summed E-state index contributed by atoms with van der Waals surface area (Å²) in [5, 5.41) is 0. The summed E-state index contributed by atoms with van der Waals surface area (Å²) in [5.41, 5.74) is 3.31. The first-order valence-electron chi connectivity index (χ1n) is 8.05. The maximum atomic E-state index is 5.45. The second-order valence-electron chi connectivity index (χ2n) is 5.87. The highest BCUT2D eigenvalue weighted by Gasteiger charge is 2.20. The molecular formula is C18H20N2O3S. The quantitative estimate of drug-likeness (QED) is 0.718. The van der Waals surface area contributed by atoms with Gasteiger partial charge in [0.15, 0.2) is 16.5 Å². The lowest BCUT2D eigenvalue weighted by Crippen LogP contribution is -2.01. The van der Waals surface area contributed by atoms with Gasteiger partial charge in [0, 0.05) is 22.3 Å². The summed E-state index contributed by atoms with van der Waals surface area (Å²) in [6.45, 7) is 0. The number of aryl methyl sites for hydroxylation is 2. The molecule has 126 valence electrons. The van der Waals surface area contributed by atoms with Crippen molar-refractivity contribution in [2.24, 2.45) is 0 Å². The SMILES string of the molecule is COc1cc(-c2cn3c4c(sc3n2)CCCC4)cc(OC)c1OC. The van der Waals surface area contributed by atoms with Gasteiger partial charge < -0.3 is 14.2 Å². The number of rotatable bonds is 4. The third-order valence-corrected chi connectivity index (χ3v) is 5.69. The van der Waals surface area contributed by atoms with E-state index in [0.717, 1.165) is 22.6 Å². The molecule has 0 N–H and O–H groups in total. The topological polar surface area (TPSA) is 45.0 Å². The number of thiazole rings is 1. The normalized spacial score (nSPS) is 13.8. The van der Waals surface area contributed by atoms with Crippen molar-refractivity contribution in [3.63, 3.8) is 0 Å². The molecule has 0 bridgehead atoms. The molecule has 0 saturated heterocycles. The number of hydrogen-bond acceptors (Lipinski definition) is 5. The number of methoxy groups -OCH3 is 3. The maximum Gasteiger partial charge on any atom is 0.203 e. The van der Waals surface area contributed by atoms with Gasteiger partial charge in [0.1, 0.15) is 0 Å². The van der Waals surface area contributed by atoms with E-state index in [1.807, 2.05) is 23.5 Å². The minimum Gasteiger partial charge on any atom is -0.493 e. The number of ether oxygens (including phenoxy) is 3. The van der Waals surface area contributed by atoms with Gasteiger partial charge >= 0.3 is 0 Å². The molecule has 2 aromatic heterocycles. The lowest BCUT2D eigenvalue weighted by molar-refractivity contribution is 0.324. The fraction of sp³-hybridized carbons (Fsp3) is 0.389. The number of benzene rings is 1. The second kappa shape index (κ2) is 6.02. The first kappa shape index (κ1) is 15.3. The molecule has 1 aliphatic carbocycles. The summed E-state index contributed by atoms with van der Waals surface area (Å²) >= 11 is 1.81. The van der Waals surface area contributed by atoms with E-state index in [1.54, 1.807) is 21.3 Å². The van der Waals surface area contributed by atoms with E-state index in [9.17, 15) is 0 Å². The Balaban J connectivity index is 1.83. The Kier molecular flexibility index (Phi) is 3.84. The van der Waals surface area contributed by atoms with Crippen LogP contribution in [0, 0.1) is 0 Å². The second-order valence-corrected chi connectivity index (χ2v) is 6.93. The zero-order chi connectivity index (χ0) is 16.7. The van der Waals surface area contributed by atoms with Gasteiger partial charge in [-0.3, -0.25) is 4.40 Å². The van der Waals surface area contributed by atoms with Crippen LogP contribution in [0.4, 0.5) is 0 Å². The predicted molar refractivity (Wildman–Crippen MR) is 94.8 cm³/mol. The van der Waals surface area contributed by atoms with Gasteiger partial charge in [-0.05, 0) is 37.8 Å². The lowest BCUT2D eigenvalue weighted by atomic mass is 10.0. The minimum atomic E-state index is 0.599. The molecule has 0 fully saturated rings. The Morgan fingerprint density at radius 3 is 2.38 bits per heavy atom. The average Bonchev–Trinajstić information content (AvgIpc) is 3.18. The van der Waals surface area contributed by atoms with Crippen LogP contribution in [-0.2, 0) is 12.8 Å². The van der Waals surface area contributed by atoms with Crippen LogP contribution in [0.2, 0.25) is 0 Å². The monoisotopic (exact) mass is 344 g/mol. The van der Waals surface area contributed by atoms with Gasteiger partial charge in [-0.15, -0.1) is 11.3 Å². The standard InChI is InChI=1S/C18H20N2O3S/c1-21-14-8-11(9-15(22-2)17(14)23-3)12-10-20-13-6-4-5-7-16(13)24-18(20)19-12/h8-10H,4-7H2,1-3H3. The predicted octanol–water partition coefficient (Wildman–Crippen LogP) is 3.97. The van der Waals surface area contributed by atoms with Crippen molar-refractivity contribution < 1.29 is 14.2 Å². The van der Waals surface area contributed by atoms with Crippen LogP contribution in [0.3, 0.4) is 0 Å².